The van der Waals surface area contributed by atoms with E-state index >= 15 is 0 Å². The molecule has 0 spiro atoms. The summed E-state index contributed by atoms with van der Waals surface area (Å²) in [5.74, 6) is -0.207. The number of hydrogen-bond donors (Lipinski definition) is 0. The molecule has 3 aromatic rings. The Morgan fingerprint density at radius 3 is 2.35 bits per heavy atom. The lowest BCUT2D eigenvalue weighted by atomic mass is 9.97. The van der Waals surface area contributed by atoms with Crippen LogP contribution in [-0.2, 0) is 5.41 Å². The van der Waals surface area contributed by atoms with Gasteiger partial charge in [-0.25, -0.2) is 9.37 Å². The topological polar surface area (TPSA) is 36.7 Å². The Balaban J connectivity index is 1.67. The molecule has 0 N–H and O–H groups in total. The van der Waals surface area contributed by atoms with E-state index < -0.39 is 0 Å². The molecule has 112 valence electrons. The highest BCUT2D eigenvalue weighted by Crippen LogP contribution is 2.54. The second-order valence-electron chi connectivity index (χ2n) is 5.82. The van der Waals surface area contributed by atoms with Gasteiger partial charge in [-0.15, -0.1) is 11.3 Å². The molecule has 0 bridgehead atoms. The predicted octanol–water partition coefficient (Wildman–Crippen LogP) is 4.90. The van der Waals surface area contributed by atoms with Crippen molar-refractivity contribution in [3.8, 4) is 17.3 Å². The first-order chi connectivity index (χ1) is 11.2. The van der Waals surface area contributed by atoms with Gasteiger partial charge < -0.3 is 0 Å². The van der Waals surface area contributed by atoms with Gasteiger partial charge in [-0.1, -0.05) is 24.3 Å². The van der Waals surface area contributed by atoms with Crippen molar-refractivity contribution in [1.29, 1.82) is 5.26 Å². The molecule has 4 rings (SSSR count). The van der Waals surface area contributed by atoms with E-state index in [1.807, 2.05) is 24.3 Å². The number of nitriles is 1. The number of halogens is 1. The summed E-state index contributed by atoms with van der Waals surface area (Å²) in [4.78, 5) is 4.81. The van der Waals surface area contributed by atoms with Gasteiger partial charge in [0.2, 0.25) is 0 Å². The van der Waals surface area contributed by atoms with Crippen LogP contribution in [0.15, 0.2) is 53.9 Å². The third-order valence-corrected chi connectivity index (χ3v) is 5.42. The fraction of sp³-hybridized carbons (Fsp3) is 0.158. The summed E-state index contributed by atoms with van der Waals surface area (Å²) < 4.78 is 13.1. The molecule has 0 atom stereocenters. The minimum Gasteiger partial charge on any atom is -0.240 e. The van der Waals surface area contributed by atoms with Crippen LogP contribution in [0.4, 0.5) is 4.39 Å². The predicted molar refractivity (Wildman–Crippen MR) is 88.7 cm³/mol. The first-order valence-corrected chi connectivity index (χ1v) is 8.32. The molecule has 1 aromatic heterocycles. The number of hydrogen-bond acceptors (Lipinski definition) is 3. The van der Waals surface area contributed by atoms with Gasteiger partial charge >= 0.3 is 0 Å². The normalized spacial score (nSPS) is 15.1. The third-order valence-electron chi connectivity index (χ3n) is 4.37. The molecule has 2 aromatic carbocycles. The van der Waals surface area contributed by atoms with Crippen LogP contribution in [0.25, 0.3) is 11.3 Å². The van der Waals surface area contributed by atoms with E-state index in [1.54, 1.807) is 23.5 Å². The van der Waals surface area contributed by atoms with Crippen molar-refractivity contribution in [2.45, 2.75) is 18.3 Å². The second kappa shape index (κ2) is 5.29. The highest BCUT2D eigenvalue weighted by atomic mass is 32.1. The van der Waals surface area contributed by atoms with Crippen molar-refractivity contribution in [1.82, 2.24) is 4.98 Å². The molecule has 0 saturated heterocycles. The van der Waals surface area contributed by atoms with Crippen LogP contribution >= 0.6 is 11.3 Å². The second-order valence-corrected chi connectivity index (χ2v) is 6.67. The smallest absolute Gasteiger partial charge is 0.123 e. The molecule has 0 radical (unpaired) electrons. The van der Waals surface area contributed by atoms with Crippen molar-refractivity contribution in [2.75, 3.05) is 0 Å². The average Bonchev–Trinajstić information content (AvgIpc) is 3.25. The van der Waals surface area contributed by atoms with Crippen LogP contribution in [0.3, 0.4) is 0 Å². The molecule has 4 heteroatoms. The van der Waals surface area contributed by atoms with Gasteiger partial charge in [-0.3, -0.25) is 0 Å². The molecule has 1 saturated carbocycles. The summed E-state index contributed by atoms with van der Waals surface area (Å²) in [7, 11) is 0. The van der Waals surface area contributed by atoms with Gasteiger partial charge in [0.1, 0.15) is 10.8 Å². The minimum atomic E-state index is -0.207. The lowest BCUT2D eigenvalue weighted by Crippen LogP contribution is -2.08. The Kier molecular flexibility index (Phi) is 3.24. The van der Waals surface area contributed by atoms with Crippen LogP contribution < -0.4 is 0 Å². The lowest BCUT2D eigenvalue weighted by molar-refractivity contribution is 0.626. The Bertz CT molecular complexity index is 884. The van der Waals surface area contributed by atoms with Crippen LogP contribution in [-0.4, -0.2) is 4.98 Å². The Labute approximate surface area is 137 Å². The number of nitrogens with zero attached hydrogens (tertiary/aromatic N) is 2. The zero-order chi connectivity index (χ0) is 15.9. The van der Waals surface area contributed by atoms with Crippen LogP contribution in [0.5, 0.6) is 0 Å². The first kappa shape index (κ1) is 14.1. The minimum absolute atomic E-state index is 0.0385. The zero-order valence-corrected chi connectivity index (χ0v) is 13.1. The van der Waals surface area contributed by atoms with Gasteiger partial charge in [-0.2, -0.15) is 5.26 Å². The molecule has 1 aliphatic carbocycles. The van der Waals surface area contributed by atoms with Crippen LogP contribution in [0.2, 0.25) is 0 Å². The van der Waals surface area contributed by atoms with Gasteiger partial charge in [0.05, 0.1) is 17.3 Å². The molecule has 0 amide bonds. The summed E-state index contributed by atoms with van der Waals surface area (Å²) in [6.45, 7) is 0. The number of aromatic nitrogens is 1. The zero-order valence-electron chi connectivity index (χ0n) is 12.3. The highest BCUT2D eigenvalue weighted by molar-refractivity contribution is 7.10. The van der Waals surface area contributed by atoms with E-state index in [-0.39, 0.29) is 11.2 Å². The molecule has 2 nitrogen and oxygen atoms in total. The molecule has 0 unspecified atom stereocenters. The Morgan fingerprint density at radius 2 is 1.74 bits per heavy atom. The summed E-state index contributed by atoms with van der Waals surface area (Å²) in [5.41, 5.74) is 3.70. The van der Waals surface area contributed by atoms with Crippen molar-refractivity contribution in [3.63, 3.8) is 0 Å². The molecular formula is C19H13FN2S. The van der Waals surface area contributed by atoms with Crippen molar-refractivity contribution >= 4 is 11.3 Å². The maximum Gasteiger partial charge on any atom is 0.123 e. The summed E-state index contributed by atoms with van der Waals surface area (Å²) in [6.07, 6.45) is 2.11. The fourth-order valence-electron chi connectivity index (χ4n) is 2.86. The summed E-state index contributed by atoms with van der Waals surface area (Å²) in [5, 5.41) is 12.0. The van der Waals surface area contributed by atoms with Crippen molar-refractivity contribution < 1.29 is 4.39 Å². The molecule has 0 aliphatic heterocycles. The Morgan fingerprint density at radius 1 is 1.04 bits per heavy atom. The van der Waals surface area contributed by atoms with Gasteiger partial charge in [0.25, 0.3) is 0 Å². The molecular weight excluding hydrogens is 307 g/mol. The third kappa shape index (κ3) is 2.43. The van der Waals surface area contributed by atoms with Crippen LogP contribution in [0, 0.1) is 17.1 Å². The Hall–Kier alpha value is -2.51. The highest BCUT2D eigenvalue weighted by Gasteiger charge is 2.48. The average molecular weight is 320 g/mol. The van der Waals surface area contributed by atoms with E-state index in [1.165, 1.54) is 12.1 Å². The standard InChI is InChI=1S/C19H13FN2S/c20-16-7-5-15(6-8-16)19(9-10-19)18-22-17(12-23-18)14-3-1-13(11-21)2-4-14/h1-8,12H,9-10H2. The van der Waals surface area contributed by atoms with Gasteiger partial charge in [-0.05, 0) is 42.7 Å². The summed E-state index contributed by atoms with van der Waals surface area (Å²) in [6, 6.07) is 16.4. The number of rotatable bonds is 3. The van der Waals surface area contributed by atoms with E-state index in [2.05, 4.69) is 11.4 Å². The van der Waals surface area contributed by atoms with Crippen molar-refractivity contribution in [3.05, 3.63) is 75.9 Å². The lowest BCUT2D eigenvalue weighted by Gasteiger charge is -2.12. The number of thiazole rings is 1. The fourth-order valence-corrected chi connectivity index (χ4v) is 3.97. The maximum absolute atomic E-state index is 13.1. The quantitative estimate of drug-likeness (QED) is 0.688. The monoisotopic (exact) mass is 320 g/mol. The maximum atomic E-state index is 13.1. The van der Waals surface area contributed by atoms with E-state index in [0.717, 1.165) is 34.7 Å². The number of benzene rings is 2. The van der Waals surface area contributed by atoms with E-state index in [9.17, 15) is 4.39 Å². The van der Waals surface area contributed by atoms with Gasteiger partial charge in [0, 0.05) is 16.4 Å². The van der Waals surface area contributed by atoms with Crippen molar-refractivity contribution in [2.24, 2.45) is 0 Å². The van der Waals surface area contributed by atoms with E-state index in [0.29, 0.717) is 5.56 Å². The largest absolute Gasteiger partial charge is 0.240 e. The molecule has 23 heavy (non-hydrogen) atoms. The first-order valence-electron chi connectivity index (χ1n) is 7.44. The molecule has 1 heterocycles. The van der Waals surface area contributed by atoms with Crippen LogP contribution in [0.1, 0.15) is 29.0 Å². The van der Waals surface area contributed by atoms with Gasteiger partial charge in [0.15, 0.2) is 0 Å². The summed E-state index contributed by atoms with van der Waals surface area (Å²) >= 11 is 1.65. The molecule has 1 aliphatic rings. The van der Waals surface area contributed by atoms with E-state index in [4.69, 9.17) is 10.2 Å². The SMILES string of the molecule is N#Cc1ccc(-c2csc(C3(c4ccc(F)cc4)CC3)n2)cc1. The molecule has 1 fully saturated rings.